The van der Waals surface area contributed by atoms with E-state index >= 15 is 0 Å². The van der Waals surface area contributed by atoms with Crippen LogP contribution in [-0.2, 0) is 4.79 Å². The molecule has 0 saturated heterocycles. The third-order valence-electron chi connectivity index (χ3n) is 2.71. The molecule has 1 aliphatic rings. The maximum atomic E-state index is 11.7. The lowest BCUT2D eigenvalue weighted by Crippen LogP contribution is -2.39. The number of amides is 1. The first kappa shape index (κ1) is 14.4. The lowest BCUT2D eigenvalue weighted by Gasteiger charge is -2.19. The van der Waals surface area contributed by atoms with Crippen LogP contribution >= 0.6 is 11.8 Å². The number of hydrogen-bond donors (Lipinski definition) is 4. The Bertz CT molecular complexity index is 585. The molecule has 106 valence electrons. The third-order valence-corrected chi connectivity index (χ3v) is 3.92. The van der Waals surface area contributed by atoms with Crippen LogP contribution in [0.1, 0.15) is 0 Å². The SMILES string of the molecule is O=C1N=C(Nc2cccc([N+](=O)O)c2)SC1(CO)CO. The van der Waals surface area contributed by atoms with E-state index in [1.807, 2.05) is 0 Å². The minimum atomic E-state index is -1.37. The van der Waals surface area contributed by atoms with Gasteiger partial charge in [0.1, 0.15) is 0 Å². The topological polar surface area (TPSA) is 122 Å². The van der Waals surface area contributed by atoms with Gasteiger partial charge in [0.25, 0.3) is 10.8 Å². The van der Waals surface area contributed by atoms with Crippen molar-refractivity contribution in [2.24, 2.45) is 4.99 Å². The fourth-order valence-electron chi connectivity index (χ4n) is 1.58. The highest BCUT2D eigenvalue weighted by Crippen LogP contribution is 2.34. The van der Waals surface area contributed by atoms with Crippen LogP contribution in [0.4, 0.5) is 11.4 Å². The molecule has 0 spiro atoms. The Morgan fingerprint density at radius 3 is 2.60 bits per heavy atom. The van der Waals surface area contributed by atoms with Crippen LogP contribution in [0.3, 0.4) is 0 Å². The number of thioether (sulfide) groups is 1. The zero-order valence-corrected chi connectivity index (χ0v) is 11.0. The number of carbonyl (C=O) groups excluding carboxylic acids is 1. The van der Waals surface area contributed by atoms with Gasteiger partial charge in [0.15, 0.2) is 9.91 Å². The van der Waals surface area contributed by atoms with Crippen molar-refractivity contribution in [3.05, 3.63) is 29.2 Å². The van der Waals surface area contributed by atoms with Crippen LogP contribution in [-0.4, -0.2) is 49.4 Å². The smallest absolute Gasteiger partial charge is 0.318 e. The number of aliphatic hydroxyl groups excluding tert-OH is 2. The second-order valence-corrected chi connectivity index (χ2v) is 5.46. The van der Waals surface area contributed by atoms with Crippen LogP contribution in [0.2, 0.25) is 0 Å². The monoisotopic (exact) mass is 298 g/mol. The summed E-state index contributed by atoms with van der Waals surface area (Å²) in [6, 6.07) is 5.90. The second-order valence-electron chi connectivity index (χ2n) is 4.08. The summed E-state index contributed by atoms with van der Waals surface area (Å²) >= 11 is 0.910. The van der Waals surface area contributed by atoms with Gasteiger partial charge in [-0.05, 0) is 6.07 Å². The molecule has 0 bridgehead atoms. The van der Waals surface area contributed by atoms with Crippen molar-refractivity contribution in [3.63, 3.8) is 0 Å². The number of rotatable bonds is 4. The number of aliphatic hydroxyl groups is 2. The molecule has 1 aliphatic heterocycles. The first-order chi connectivity index (χ1) is 9.50. The number of anilines is 1. The molecular formula is C11H12N3O5S+. The van der Waals surface area contributed by atoms with Gasteiger partial charge in [-0.25, -0.2) is 5.21 Å². The predicted octanol–water partition coefficient (Wildman–Crippen LogP) is 0.251. The quantitative estimate of drug-likeness (QED) is 0.588. The standard InChI is InChI=1S/C11H11N3O5S/c15-5-11(6-16)9(17)13-10(20-11)12-7-2-1-3-8(4-7)14(18)19/h1-4,15-16H,5-6H2,(H-,12,13,17,18,19)/p+1. The lowest BCUT2D eigenvalue weighted by atomic mass is 10.1. The highest BCUT2D eigenvalue weighted by atomic mass is 32.2. The van der Waals surface area contributed by atoms with E-state index in [1.54, 1.807) is 6.07 Å². The number of hydrogen-bond acceptors (Lipinski definition) is 6. The average Bonchev–Trinajstić information content (AvgIpc) is 2.75. The van der Waals surface area contributed by atoms with E-state index in [0.29, 0.717) is 5.69 Å². The van der Waals surface area contributed by atoms with Crippen molar-refractivity contribution in [1.29, 1.82) is 0 Å². The van der Waals surface area contributed by atoms with Crippen LogP contribution in [0, 0.1) is 4.91 Å². The summed E-state index contributed by atoms with van der Waals surface area (Å²) in [4.78, 5) is 25.9. The van der Waals surface area contributed by atoms with Crippen LogP contribution in [0.25, 0.3) is 0 Å². The largest absolute Gasteiger partial charge is 0.394 e. The van der Waals surface area contributed by atoms with Gasteiger partial charge >= 0.3 is 5.69 Å². The molecule has 0 aliphatic carbocycles. The Morgan fingerprint density at radius 1 is 1.35 bits per heavy atom. The highest BCUT2D eigenvalue weighted by Gasteiger charge is 2.44. The fraction of sp³-hybridized carbons (Fsp3) is 0.273. The molecule has 20 heavy (non-hydrogen) atoms. The molecule has 0 aromatic heterocycles. The van der Waals surface area contributed by atoms with Gasteiger partial charge in [0.2, 0.25) is 0 Å². The van der Waals surface area contributed by atoms with Gasteiger partial charge < -0.3 is 15.5 Å². The highest BCUT2D eigenvalue weighted by molar-refractivity contribution is 8.16. The zero-order chi connectivity index (χ0) is 14.8. The molecule has 9 heteroatoms. The van der Waals surface area contributed by atoms with Crippen molar-refractivity contribution in [1.82, 2.24) is 0 Å². The van der Waals surface area contributed by atoms with Crippen molar-refractivity contribution >= 4 is 34.2 Å². The summed E-state index contributed by atoms with van der Waals surface area (Å²) in [5, 5.41) is 30.2. The fourth-order valence-corrected chi connectivity index (χ4v) is 2.50. The Kier molecular flexibility index (Phi) is 4.02. The van der Waals surface area contributed by atoms with Crippen molar-refractivity contribution in [2.75, 3.05) is 18.5 Å². The number of benzene rings is 1. The van der Waals surface area contributed by atoms with Crippen LogP contribution in [0.5, 0.6) is 0 Å². The third kappa shape index (κ3) is 2.64. The molecule has 8 nitrogen and oxygen atoms in total. The van der Waals surface area contributed by atoms with E-state index in [1.165, 1.54) is 18.2 Å². The maximum absolute atomic E-state index is 11.7. The van der Waals surface area contributed by atoms with E-state index in [2.05, 4.69) is 10.3 Å². The first-order valence-electron chi connectivity index (χ1n) is 5.58. The minimum Gasteiger partial charge on any atom is -0.394 e. The number of aliphatic imine (C=N–C) groups is 1. The van der Waals surface area contributed by atoms with Crippen LogP contribution in [0.15, 0.2) is 29.3 Å². The normalized spacial score (nSPS) is 16.9. The lowest BCUT2D eigenvalue weighted by molar-refractivity contribution is -0.729. The molecule has 2 rings (SSSR count). The van der Waals surface area contributed by atoms with Crippen molar-refractivity contribution in [3.8, 4) is 0 Å². The Hall–Kier alpha value is -1.97. The second kappa shape index (κ2) is 5.57. The van der Waals surface area contributed by atoms with Gasteiger partial charge in [-0.2, -0.15) is 4.99 Å². The molecule has 1 aromatic carbocycles. The van der Waals surface area contributed by atoms with E-state index in [4.69, 9.17) is 5.21 Å². The minimum absolute atomic E-state index is 0.0144. The van der Waals surface area contributed by atoms with Gasteiger partial charge in [-0.3, -0.25) is 4.79 Å². The number of nitrogens with one attached hydrogen (secondary N) is 1. The molecule has 0 fully saturated rings. The van der Waals surface area contributed by atoms with Gasteiger partial charge in [0.05, 0.1) is 18.1 Å². The summed E-state index contributed by atoms with van der Waals surface area (Å²) < 4.78 is -1.37. The molecule has 0 atom stereocenters. The average molecular weight is 298 g/mol. The molecular weight excluding hydrogens is 286 g/mol. The number of amidine groups is 1. The molecule has 1 aromatic rings. The van der Waals surface area contributed by atoms with Gasteiger partial charge in [-0.1, -0.05) is 17.8 Å². The first-order valence-corrected chi connectivity index (χ1v) is 6.39. The predicted molar refractivity (Wildman–Crippen MR) is 72.1 cm³/mol. The number of carbonyl (C=O) groups is 1. The summed E-state index contributed by atoms with van der Waals surface area (Å²) in [5.41, 5.74) is 0.448. The molecule has 1 heterocycles. The van der Waals surface area contributed by atoms with Crippen molar-refractivity contribution in [2.45, 2.75) is 4.75 Å². The molecule has 0 radical (unpaired) electrons. The van der Waals surface area contributed by atoms with E-state index in [9.17, 15) is 19.9 Å². The van der Waals surface area contributed by atoms with E-state index in [0.717, 1.165) is 11.8 Å². The Labute approximate surface area is 117 Å². The molecule has 4 N–H and O–H groups in total. The molecule has 1 amide bonds. The molecule has 0 saturated carbocycles. The molecule has 0 unspecified atom stereocenters. The zero-order valence-electron chi connectivity index (χ0n) is 10.2. The van der Waals surface area contributed by atoms with Gasteiger partial charge in [0, 0.05) is 17.8 Å². The van der Waals surface area contributed by atoms with Gasteiger partial charge in [-0.15, -0.1) is 0 Å². The summed E-state index contributed by atoms with van der Waals surface area (Å²) in [5.74, 6) is -0.626. The summed E-state index contributed by atoms with van der Waals surface area (Å²) in [7, 11) is 0. The van der Waals surface area contributed by atoms with E-state index in [-0.39, 0.29) is 15.8 Å². The summed E-state index contributed by atoms with van der Waals surface area (Å²) in [6.07, 6.45) is 0. The number of nitrogens with zero attached hydrogens (tertiary/aromatic N) is 2. The van der Waals surface area contributed by atoms with E-state index < -0.39 is 23.9 Å². The summed E-state index contributed by atoms with van der Waals surface area (Å²) in [6.45, 7) is -1.07. The Balaban J connectivity index is 2.16. The van der Waals surface area contributed by atoms with Crippen molar-refractivity contribution < 1.29 is 25.1 Å². The Morgan fingerprint density at radius 2 is 2.05 bits per heavy atom. The maximum Gasteiger partial charge on any atom is 0.318 e. The van der Waals surface area contributed by atoms with Crippen LogP contribution < -0.4 is 5.32 Å².